The first-order valence-electron chi connectivity index (χ1n) is 8.81. The highest BCUT2D eigenvalue weighted by Crippen LogP contribution is 2.25. The van der Waals surface area contributed by atoms with Gasteiger partial charge in [0.2, 0.25) is 0 Å². The first-order chi connectivity index (χ1) is 13.1. The van der Waals surface area contributed by atoms with Crippen LogP contribution in [0, 0.1) is 0 Å². The summed E-state index contributed by atoms with van der Waals surface area (Å²) < 4.78 is 30.6. The summed E-state index contributed by atoms with van der Waals surface area (Å²) in [6.07, 6.45) is 1.60. The van der Waals surface area contributed by atoms with Crippen LogP contribution in [-0.4, -0.2) is 57.5 Å². The molecule has 3 aromatic rings. The summed E-state index contributed by atoms with van der Waals surface area (Å²) in [5, 5.41) is 12.4. The fraction of sp³-hybridized carbons (Fsp3) is 0.389. The van der Waals surface area contributed by atoms with Gasteiger partial charge in [0.05, 0.1) is 0 Å². The quantitative estimate of drug-likeness (QED) is 0.684. The van der Waals surface area contributed by atoms with Crippen LogP contribution in [0.5, 0.6) is 5.75 Å². The SMILES string of the molecule is CC(c1ccc(OC(F)F)cc1)N1CCN(c2ccc3nncn3n2)CC1. The molecule has 2 aromatic heterocycles. The molecular formula is C18H20F2N6O. The molecule has 0 amide bonds. The molecule has 1 saturated heterocycles. The summed E-state index contributed by atoms with van der Waals surface area (Å²) >= 11 is 0. The van der Waals surface area contributed by atoms with E-state index >= 15 is 0 Å². The molecule has 1 fully saturated rings. The third-order valence-electron chi connectivity index (χ3n) is 4.92. The number of halogens is 2. The van der Waals surface area contributed by atoms with E-state index in [1.165, 1.54) is 0 Å². The lowest BCUT2D eigenvalue weighted by molar-refractivity contribution is -0.0498. The molecular weight excluding hydrogens is 354 g/mol. The molecule has 0 saturated carbocycles. The van der Waals surface area contributed by atoms with E-state index in [-0.39, 0.29) is 11.8 Å². The number of nitrogens with zero attached hydrogens (tertiary/aromatic N) is 6. The summed E-state index contributed by atoms with van der Waals surface area (Å²) in [6, 6.07) is 10.9. The number of ether oxygens (including phenoxy) is 1. The van der Waals surface area contributed by atoms with Gasteiger partial charge in [0.1, 0.15) is 17.9 Å². The van der Waals surface area contributed by atoms with Gasteiger partial charge in [0.15, 0.2) is 5.65 Å². The Balaban J connectivity index is 1.38. The van der Waals surface area contributed by atoms with Gasteiger partial charge in [0, 0.05) is 32.2 Å². The smallest absolute Gasteiger partial charge is 0.387 e. The molecule has 1 unspecified atom stereocenters. The minimum atomic E-state index is -2.80. The number of benzene rings is 1. The third-order valence-corrected chi connectivity index (χ3v) is 4.92. The Morgan fingerprint density at radius 3 is 2.44 bits per heavy atom. The Bertz CT molecular complexity index is 892. The Morgan fingerprint density at radius 1 is 1.00 bits per heavy atom. The van der Waals surface area contributed by atoms with Crippen LogP contribution < -0.4 is 9.64 Å². The molecule has 0 bridgehead atoms. The Kier molecular flexibility index (Phi) is 4.85. The van der Waals surface area contributed by atoms with Crippen LogP contribution >= 0.6 is 0 Å². The predicted octanol–water partition coefficient (Wildman–Crippen LogP) is 2.61. The molecule has 9 heteroatoms. The topological polar surface area (TPSA) is 58.8 Å². The van der Waals surface area contributed by atoms with E-state index in [0.29, 0.717) is 0 Å². The average molecular weight is 374 g/mol. The first kappa shape index (κ1) is 17.6. The number of alkyl halides is 2. The van der Waals surface area contributed by atoms with Crippen LogP contribution in [0.2, 0.25) is 0 Å². The molecule has 7 nitrogen and oxygen atoms in total. The van der Waals surface area contributed by atoms with Gasteiger partial charge in [-0.25, -0.2) is 0 Å². The van der Waals surface area contributed by atoms with Crippen molar-refractivity contribution in [2.45, 2.75) is 19.6 Å². The normalized spacial score (nSPS) is 16.8. The molecule has 4 rings (SSSR count). The van der Waals surface area contributed by atoms with E-state index in [4.69, 9.17) is 0 Å². The predicted molar refractivity (Wildman–Crippen MR) is 96.1 cm³/mol. The maximum Gasteiger partial charge on any atom is 0.387 e. The molecule has 0 spiro atoms. The largest absolute Gasteiger partial charge is 0.435 e. The van der Waals surface area contributed by atoms with Crippen molar-refractivity contribution in [1.29, 1.82) is 0 Å². The molecule has 1 atom stereocenters. The zero-order valence-corrected chi connectivity index (χ0v) is 14.9. The van der Waals surface area contributed by atoms with E-state index in [1.807, 2.05) is 24.3 Å². The van der Waals surface area contributed by atoms with E-state index in [0.717, 1.165) is 43.2 Å². The van der Waals surface area contributed by atoms with Gasteiger partial charge in [-0.2, -0.15) is 13.3 Å². The van der Waals surface area contributed by atoms with Crippen molar-refractivity contribution < 1.29 is 13.5 Å². The number of hydrogen-bond acceptors (Lipinski definition) is 6. The molecule has 0 N–H and O–H groups in total. The fourth-order valence-corrected chi connectivity index (χ4v) is 3.36. The van der Waals surface area contributed by atoms with Crippen molar-refractivity contribution in [2.24, 2.45) is 0 Å². The zero-order chi connectivity index (χ0) is 18.8. The molecule has 142 valence electrons. The lowest BCUT2D eigenvalue weighted by Crippen LogP contribution is -2.47. The van der Waals surface area contributed by atoms with Gasteiger partial charge in [-0.15, -0.1) is 15.3 Å². The van der Waals surface area contributed by atoms with Crippen molar-refractivity contribution in [3.8, 4) is 5.75 Å². The number of fused-ring (bicyclic) bond motifs is 1. The monoisotopic (exact) mass is 374 g/mol. The van der Waals surface area contributed by atoms with Gasteiger partial charge >= 0.3 is 6.61 Å². The summed E-state index contributed by atoms with van der Waals surface area (Å²) in [5.41, 5.74) is 1.80. The number of rotatable bonds is 5. The molecule has 1 aliphatic heterocycles. The van der Waals surface area contributed by atoms with Crippen LogP contribution in [0.4, 0.5) is 14.6 Å². The standard InChI is InChI=1S/C18H20F2N6O/c1-13(14-2-4-15(5-3-14)27-18(19)20)24-8-10-25(11-9-24)17-7-6-16-22-21-12-26(16)23-17/h2-7,12-13,18H,8-11H2,1H3. The highest BCUT2D eigenvalue weighted by atomic mass is 19.3. The second kappa shape index (κ2) is 7.43. The summed E-state index contributed by atoms with van der Waals surface area (Å²) in [5.74, 6) is 1.09. The Labute approximate surface area is 155 Å². The number of anilines is 1. The average Bonchev–Trinajstić information content (AvgIpc) is 3.15. The van der Waals surface area contributed by atoms with Crippen molar-refractivity contribution in [3.63, 3.8) is 0 Å². The van der Waals surface area contributed by atoms with Gasteiger partial charge < -0.3 is 9.64 Å². The highest BCUT2D eigenvalue weighted by molar-refractivity contribution is 5.45. The van der Waals surface area contributed by atoms with Crippen LogP contribution in [0.15, 0.2) is 42.7 Å². The first-order valence-corrected chi connectivity index (χ1v) is 8.81. The van der Waals surface area contributed by atoms with E-state index < -0.39 is 6.61 Å². The summed E-state index contributed by atoms with van der Waals surface area (Å²) in [6.45, 7) is 2.82. The second-order valence-corrected chi connectivity index (χ2v) is 6.47. The maximum atomic E-state index is 12.3. The van der Waals surface area contributed by atoms with Gasteiger partial charge in [-0.1, -0.05) is 12.1 Å². The number of piperazine rings is 1. The van der Waals surface area contributed by atoms with Crippen LogP contribution in [0.25, 0.3) is 5.65 Å². The Morgan fingerprint density at radius 2 is 1.74 bits per heavy atom. The molecule has 1 aliphatic rings. The van der Waals surface area contributed by atoms with Crippen molar-refractivity contribution in [2.75, 3.05) is 31.1 Å². The van der Waals surface area contributed by atoms with Crippen LogP contribution in [0.3, 0.4) is 0 Å². The zero-order valence-electron chi connectivity index (χ0n) is 14.9. The lowest BCUT2D eigenvalue weighted by Gasteiger charge is -2.38. The van der Waals surface area contributed by atoms with Crippen molar-refractivity contribution >= 4 is 11.5 Å². The van der Waals surface area contributed by atoms with Gasteiger partial charge in [-0.05, 0) is 36.8 Å². The summed E-state index contributed by atoms with van der Waals surface area (Å²) in [4.78, 5) is 4.61. The molecule has 3 heterocycles. The molecule has 0 radical (unpaired) electrons. The maximum absolute atomic E-state index is 12.3. The summed E-state index contributed by atoms with van der Waals surface area (Å²) in [7, 11) is 0. The van der Waals surface area contributed by atoms with Crippen LogP contribution in [0.1, 0.15) is 18.5 Å². The fourth-order valence-electron chi connectivity index (χ4n) is 3.36. The minimum Gasteiger partial charge on any atom is -0.435 e. The van der Waals surface area contributed by atoms with Gasteiger partial charge in [-0.3, -0.25) is 4.90 Å². The van der Waals surface area contributed by atoms with E-state index in [2.05, 4.69) is 36.8 Å². The molecule has 1 aromatic carbocycles. The number of hydrogen-bond donors (Lipinski definition) is 0. The second-order valence-electron chi connectivity index (χ2n) is 6.47. The Hall–Kier alpha value is -2.81. The van der Waals surface area contributed by atoms with Crippen molar-refractivity contribution in [3.05, 3.63) is 48.3 Å². The highest BCUT2D eigenvalue weighted by Gasteiger charge is 2.23. The lowest BCUT2D eigenvalue weighted by atomic mass is 10.1. The van der Waals surface area contributed by atoms with E-state index in [9.17, 15) is 8.78 Å². The molecule has 27 heavy (non-hydrogen) atoms. The molecule has 0 aliphatic carbocycles. The number of aromatic nitrogens is 4. The van der Waals surface area contributed by atoms with Crippen molar-refractivity contribution in [1.82, 2.24) is 24.7 Å². The minimum absolute atomic E-state index is 0.182. The van der Waals surface area contributed by atoms with E-state index in [1.54, 1.807) is 23.0 Å². The van der Waals surface area contributed by atoms with Crippen LogP contribution in [-0.2, 0) is 0 Å². The van der Waals surface area contributed by atoms with Gasteiger partial charge in [0.25, 0.3) is 0 Å². The third kappa shape index (κ3) is 3.82.